The van der Waals surface area contributed by atoms with E-state index in [0.717, 1.165) is 17.9 Å². The number of carboxylic acid groups (broad SMARTS) is 1. The highest BCUT2D eigenvalue weighted by atomic mass is 16.4. The predicted octanol–water partition coefficient (Wildman–Crippen LogP) is 7.15. The van der Waals surface area contributed by atoms with E-state index in [-0.39, 0.29) is 5.56 Å². The van der Waals surface area contributed by atoms with Gasteiger partial charge in [-0.05, 0) is 59.1 Å². The molecule has 5 rings (SSSR count). The molecule has 0 radical (unpaired) electrons. The summed E-state index contributed by atoms with van der Waals surface area (Å²) in [4.78, 5) is 22.8. The number of Topliss-reactive ketones (excluding diaryl/α,β-unsaturated/α-hetero) is 1. The van der Waals surface area contributed by atoms with E-state index in [1.807, 2.05) is 6.07 Å². The van der Waals surface area contributed by atoms with Crippen LogP contribution in [0.3, 0.4) is 0 Å². The number of furan rings is 1. The Balaban J connectivity index is 0.000000275. The van der Waals surface area contributed by atoms with Gasteiger partial charge in [0.05, 0.1) is 11.8 Å². The monoisotopic (exact) mass is 444 g/mol. The average molecular weight is 445 g/mol. The number of hydrogen-bond donors (Lipinski definition) is 1. The first-order chi connectivity index (χ1) is 16.1. The molecule has 1 atom stereocenters. The number of rotatable bonds is 6. The maximum Gasteiger partial charge on any atom is 0.338 e. The second-order valence-corrected chi connectivity index (χ2v) is 9.16. The van der Waals surface area contributed by atoms with Crippen LogP contribution in [0.4, 0.5) is 0 Å². The third-order valence-corrected chi connectivity index (χ3v) is 6.89. The zero-order valence-corrected chi connectivity index (χ0v) is 19.3. The van der Waals surface area contributed by atoms with Crippen LogP contribution in [0, 0.1) is 5.92 Å². The lowest BCUT2D eigenvalue weighted by molar-refractivity contribution is 0.0696. The summed E-state index contributed by atoms with van der Waals surface area (Å²) in [5, 5.41) is 8.21. The Labute approximate surface area is 195 Å². The van der Waals surface area contributed by atoms with E-state index in [9.17, 15) is 9.59 Å². The fraction of sp³-hybridized carbons (Fsp3) is 0.379. The highest BCUT2D eigenvalue weighted by molar-refractivity contribution is 6.08. The summed E-state index contributed by atoms with van der Waals surface area (Å²) >= 11 is 0. The minimum Gasteiger partial charge on any atom is -0.478 e. The van der Waals surface area contributed by atoms with Crippen molar-refractivity contribution in [1.29, 1.82) is 0 Å². The molecule has 0 saturated carbocycles. The van der Waals surface area contributed by atoms with Gasteiger partial charge in [-0.1, -0.05) is 75.4 Å². The van der Waals surface area contributed by atoms with Gasteiger partial charge in [0.25, 0.3) is 0 Å². The molecule has 4 nitrogen and oxygen atoms in total. The van der Waals surface area contributed by atoms with Crippen LogP contribution in [0.1, 0.15) is 82.9 Å². The third kappa shape index (κ3) is 5.27. The van der Waals surface area contributed by atoms with Gasteiger partial charge in [0.1, 0.15) is 6.26 Å². The molecule has 1 unspecified atom stereocenters. The Morgan fingerprint density at radius 1 is 1.03 bits per heavy atom. The van der Waals surface area contributed by atoms with E-state index in [1.54, 1.807) is 0 Å². The molecule has 0 aliphatic heterocycles. The second-order valence-electron chi connectivity index (χ2n) is 9.16. The topological polar surface area (TPSA) is 67.5 Å². The van der Waals surface area contributed by atoms with Crippen LogP contribution in [0.25, 0.3) is 11.1 Å². The molecular weight excluding hydrogens is 412 g/mol. The van der Waals surface area contributed by atoms with Crippen molar-refractivity contribution in [2.45, 2.75) is 64.7 Å². The lowest BCUT2D eigenvalue weighted by Gasteiger charge is -2.29. The number of benzene rings is 2. The van der Waals surface area contributed by atoms with Gasteiger partial charge in [-0.3, -0.25) is 4.79 Å². The number of unbranched alkanes of at least 4 members (excludes halogenated alkanes) is 3. The number of ketones is 1. The zero-order chi connectivity index (χ0) is 23.2. The summed E-state index contributed by atoms with van der Waals surface area (Å²) in [5.41, 5.74) is 7.66. The van der Waals surface area contributed by atoms with Crippen molar-refractivity contribution in [3.05, 3.63) is 82.8 Å². The Kier molecular flexibility index (Phi) is 7.43. The summed E-state index contributed by atoms with van der Waals surface area (Å²) in [5.74, 6) is 0.180. The summed E-state index contributed by atoms with van der Waals surface area (Å²) < 4.78 is 4.49. The van der Waals surface area contributed by atoms with Gasteiger partial charge in [-0.15, -0.1) is 0 Å². The van der Waals surface area contributed by atoms with Gasteiger partial charge in [-0.25, -0.2) is 4.79 Å². The van der Waals surface area contributed by atoms with Gasteiger partial charge in [0.2, 0.25) is 0 Å². The van der Waals surface area contributed by atoms with E-state index in [0.29, 0.717) is 12.2 Å². The number of carbonyl (C=O) groups is 2. The Morgan fingerprint density at radius 2 is 1.88 bits per heavy atom. The van der Waals surface area contributed by atoms with Crippen LogP contribution in [-0.4, -0.2) is 16.9 Å². The van der Waals surface area contributed by atoms with Crippen molar-refractivity contribution < 1.29 is 19.1 Å². The smallest absolute Gasteiger partial charge is 0.338 e. The standard InChI is InChI=1S/C24H28O.C5H4O3/c1-2-3-4-5-8-17-11-13-21-19(15-17)12-14-22-20-10-7-6-9-18(20)16-23(25)24(21)22;6-5(7)4-1-2-8-3-4/h6-7,9-10,12,14,17H,2-5,8,11,13,15-16H2,1H3;1-3H,(H,6,7). The van der Waals surface area contributed by atoms with E-state index in [1.165, 1.54) is 91.4 Å². The number of carboxylic acids is 1. The summed E-state index contributed by atoms with van der Waals surface area (Å²) in [7, 11) is 0. The Hall–Kier alpha value is -3.14. The van der Waals surface area contributed by atoms with Crippen LogP contribution in [0.5, 0.6) is 0 Å². The number of carbonyl (C=O) groups excluding carboxylic acids is 1. The maximum atomic E-state index is 12.8. The normalized spacial score (nSPS) is 16.2. The minimum absolute atomic E-state index is 0.185. The van der Waals surface area contributed by atoms with Gasteiger partial charge in [-0.2, -0.15) is 0 Å². The summed E-state index contributed by atoms with van der Waals surface area (Å²) in [6, 6.07) is 14.3. The Bertz CT molecular complexity index is 1110. The largest absolute Gasteiger partial charge is 0.478 e. The van der Waals surface area contributed by atoms with E-state index >= 15 is 0 Å². The van der Waals surface area contributed by atoms with Crippen LogP contribution >= 0.6 is 0 Å². The fourth-order valence-corrected chi connectivity index (χ4v) is 5.16. The van der Waals surface area contributed by atoms with Crippen molar-refractivity contribution in [1.82, 2.24) is 0 Å². The average Bonchev–Trinajstić information content (AvgIpc) is 3.37. The fourth-order valence-electron chi connectivity index (χ4n) is 5.16. The molecule has 1 heterocycles. The quantitative estimate of drug-likeness (QED) is 0.410. The number of aromatic carboxylic acids is 1. The molecule has 172 valence electrons. The molecule has 0 fully saturated rings. The van der Waals surface area contributed by atoms with Crippen molar-refractivity contribution in [2.75, 3.05) is 0 Å². The highest BCUT2D eigenvalue weighted by Gasteiger charge is 2.29. The molecule has 0 spiro atoms. The van der Waals surface area contributed by atoms with Crippen LogP contribution in [0.2, 0.25) is 0 Å². The lowest BCUT2D eigenvalue weighted by Crippen LogP contribution is -2.21. The maximum absolute atomic E-state index is 12.8. The first-order valence-corrected chi connectivity index (χ1v) is 12.1. The molecule has 0 saturated heterocycles. The summed E-state index contributed by atoms with van der Waals surface area (Å²) in [6.07, 6.45) is 13.4. The molecule has 0 amide bonds. The van der Waals surface area contributed by atoms with Crippen LogP contribution in [-0.2, 0) is 19.3 Å². The molecule has 1 aromatic heterocycles. The van der Waals surface area contributed by atoms with Crippen molar-refractivity contribution in [2.24, 2.45) is 5.92 Å². The van der Waals surface area contributed by atoms with Crippen LogP contribution < -0.4 is 0 Å². The van der Waals surface area contributed by atoms with E-state index in [4.69, 9.17) is 5.11 Å². The Morgan fingerprint density at radius 3 is 2.61 bits per heavy atom. The predicted molar refractivity (Wildman–Crippen MR) is 130 cm³/mol. The molecular formula is C29H32O4. The van der Waals surface area contributed by atoms with Crippen molar-refractivity contribution >= 4 is 11.8 Å². The van der Waals surface area contributed by atoms with Gasteiger partial charge >= 0.3 is 5.97 Å². The third-order valence-electron chi connectivity index (χ3n) is 6.89. The molecule has 2 aliphatic rings. The van der Waals surface area contributed by atoms with Crippen LogP contribution in [0.15, 0.2) is 59.4 Å². The minimum atomic E-state index is -0.959. The second kappa shape index (κ2) is 10.7. The zero-order valence-electron chi connectivity index (χ0n) is 19.3. The highest BCUT2D eigenvalue weighted by Crippen LogP contribution is 2.40. The molecule has 1 N–H and O–H groups in total. The SMILES string of the molecule is CCCCCCC1CCc2c(ccc3c2C(=O)Cc2ccccc2-3)C1.O=C(O)c1ccoc1. The van der Waals surface area contributed by atoms with Crippen molar-refractivity contribution in [3.63, 3.8) is 0 Å². The number of fused-ring (bicyclic) bond motifs is 5. The molecule has 33 heavy (non-hydrogen) atoms. The van der Waals surface area contributed by atoms with Gasteiger partial charge in [0, 0.05) is 12.0 Å². The molecule has 0 bridgehead atoms. The molecule has 2 aromatic carbocycles. The summed E-state index contributed by atoms with van der Waals surface area (Å²) in [6.45, 7) is 2.27. The first kappa shape index (κ1) is 23.0. The van der Waals surface area contributed by atoms with E-state index in [2.05, 4.69) is 41.7 Å². The van der Waals surface area contributed by atoms with E-state index < -0.39 is 5.97 Å². The van der Waals surface area contributed by atoms with Crippen molar-refractivity contribution in [3.8, 4) is 11.1 Å². The number of hydrogen-bond acceptors (Lipinski definition) is 3. The van der Waals surface area contributed by atoms with Gasteiger partial charge in [0.15, 0.2) is 5.78 Å². The van der Waals surface area contributed by atoms with Gasteiger partial charge < -0.3 is 9.52 Å². The first-order valence-electron chi connectivity index (χ1n) is 12.1. The molecule has 2 aliphatic carbocycles. The molecule has 4 heteroatoms. The lowest BCUT2D eigenvalue weighted by atomic mass is 9.74. The molecule has 3 aromatic rings.